The topological polar surface area (TPSA) is 55.6 Å². The minimum atomic E-state index is -0.713. The first-order valence-electron chi connectivity index (χ1n) is 8.68. The van der Waals surface area contributed by atoms with Gasteiger partial charge in [-0.05, 0) is 44.4 Å². The molecule has 4 nitrogen and oxygen atoms in total. The molecule has 4 aliphatic rings. The lowest BCUT2D eigenvalue weighted by Crippen LogP contribution is -2.82. The summed E-state index contributed by atoms with van der Waals surface area (Å²) in [7, 11) is 0. The maximum absolute atomic E-state index is 13.3. The van der Waals surface area contributed by atoms with Gasteiger partial charge < -0.3 is 15.4 Å². The van der Waals surface area contributed by atoms with Crippen LogP contribution in [0.25, 0.3) is 0 Å². The van der Waals surface area contributed by atoms with Crippen molar-refractivity contribution in [1.29, 1.82) is 0 Å². The fraction of sp³-hybridized carbons (Fsp3) is 0.941. The second-order valence-corrected chi connectivity index (χ2v) is 8.26. The van der Waals surface area contributed by atoms with Gasteiger partial charge in [-0.15, -0.1) is 0 Å². The highest BCUT2D eigenvalue weighted by atomic mass is 16.5. The summed E-state index contributed by atoms with van der Waals surface area (Å²) in [4.78, 5) is 15.5. The van der Waals surface area contributed by atoms with Crippen LogP contribution < -0.4 is 5.73 Å². The monoisotopic (exact) mass is 292 g/mol. The van der Waals surface area contributed by atoms with Crippen molar-refractivity contribution in [3.05, 3.63) is 0 Å². The zero-order chi connectivity index (χ0) is 14.8. The Morgan fingerprint density at radius 1 is 1.24 bits per heavy atom. The van der Waals surface area contributed by atoms with Gasteiger partial charge in [0.15, 0.2) is 0 Å². The molecule has 3 atom stereocenters. The SMILES string of the molecule is CC1(C)C2OCCCC2C1(N)C(=O)N(CC1CC1)C1CC1. The first-order chi connectivity index (χ1) is 9.96. The number of rotatable bonds is 4. The first kappa shape index (κ1) is 14.0. The summed E-state index contributed by atoms with van der Waals surface area (Å²) in [5.41, 5.74) is 5.81. The standard InChI is InChI=1S/C17H28N2O2/c1-16(2)14-13(4-3-9-21-14)17(16,18)15(20)19(12-7-8-12)10-11-5-6-11/h11-14H,3-10,18H2,1-2H3. The van der Waals surface area contributed by atoms with Gasteiger partial charge in [0.05, 0.1) is 6.10 Å². The molecule has 2 N–H and O–H groups in total. The number of nitrogens with zero attached hydrogens (tertiary/aromatic N) is 1. The van der Waals surface area contributed by atoms with Gasteiger partial charge in [-0.3, -0.25) is 4.79 Å². The average molecular weight is 292 g/mol. The van der Waals surface area contributed by atoms with Crippen molar-refractivity contribution in [3.63, 3.8) is 0 Å². The van der Waals surface area contributed by atoms with Crippen LogP contribution in [0.4, 0.5) is 0 Å². The van der Waals surface area contributed by atoms with Crippen molar-refractivity contribution in [2.75, 3.05) is 13.2 Å². The molecule has 0 bridgehead atoms. The molecule has 1 saturated heterocycles. The van der Waals surface area contributed by atoms with Crippen LogP contribution in [0.1, 0.15) is 52.4 Å². The lowest BCUT2D eigenvalue weighted by molar-refractivity contribution is -0.230. The predicted octanol–water partition coefficient (Wildman–Crippen LogP) is 1.92. The first-order valence-corrected chi connectivity index (χ1v) is 8.68. The Hall–Kier alpha value is -0.610. The number of carbonyl (C=O) groups excluding carboxylic acids is 1. The molecule has 0 aromatic heterocycles. The molecule has 4 fully saturated rings. The Labute approximate surface area is 127 Å². The number of amides is 1. The lowest BCUT2D eigenvalue weighted by Gasteiger charge is -2.65. The Bertz CT molecular complexity index is 456. The van der Waals surface area contributed by atoms with Crippen LogP contribution in [0.5, 0.6) is 0 Å². The van der Waals surface area contributed by atoms with Crippen LogP contribution >= 0.6 is 0 Å². The summed E-state index contributed by atoms with van der Waals surface area (Å²) in [6.45, 7) is 6.01. The quantitative estimate of drug-likeness (QED) is 0.861. The van der Waals surface area contributed by atoms with E-state index in [9.17, 15) is 4.79 Å². The third-order valence-corrected chi connectivity index (χ3v) is 6.44. The van der Waals surface area contributed by atoms with E-state index in [1.165, 1.54) is 25.7 Å². The van der Waals surface area contributed by atoms with Crippen LogP contribution in [-0.4, -0.2) is 41.6 Å². The fourth-order valence-electron chi connectivity index (χ4n) is 4.61. The van der Waals surface area contributed by atoms with Crippen LogP contribution in [0.2, 0.25) is 0 Å². The van der Waals surface area contributed by atoms with Gasteiger partial charge in [-0.25, -0.2) is 0 Å². The van der Waals surface area contributed by atoms with Gasteiger partial charge in [-0.2, -0.15) is 0 Å². The van der Waals surface area contributed by atoms with Gasteiger partial charge in [0.25, 0.3) is 0 Å². The number of carbonyl (C=O) groups is 1. The van der Waals surface area contributed by atoms with Crippen LogP contribution in [0, 0.1) is 17.3 Å². The molecule has 0 radical (unpaired) electrons. The zero-order valence-electron chi connectivity index (χ0n) is 13.3. The average Bonchev–Trinajstić information content (AvgIpc) is 3.36. The normalized spacial score (nSPS) is 41.1. The molecular weight excluding hydrogens is 264 g/mol. The molecule has 4 heteroatoms. The van der Waals surface area contributed by atoms with Crippen molar-refractivity contribution < 1.29 is 9.53 Å². The largest absolute Gasteiger partial charge is 0.377 e. The van der Waals surface area contributed by atoms with E-state index in [0.717, 1.165) is 31.9 Å². The van der Waals surface area contributed by atoms with Gasteiger partial charge in [0.1, 0.15) is 5.54 Å². The highest BCUT2D eigenvalue weighted by molar-refractivity contribution is 5.90. The molecule has 1 heterocycles. The summed E-state index contributed by atoms with van der Waals surface area (Å²) in [6, 6.07) is 0.470. The molecule has 0 spiro atoms. The molecule has 0 aromatic carbocycles. The molecule has 3 aliphatic carbocycles. The summed E-state index contributed by atoms with van der Waals surface area (Å²) < 4.78 is 5.94. The highest BCUT2D eigenvalue weighted by Crippen LogP contribution is 2.58. The van der Waals surface area contributed by atoms with Crippen molar-refractivity contribution in [1.82, 2.24) is 4.90 Å². The number of nitrogens with two attached hydrogens (primary N) is 1. The van der Waals surface area contributed by atoms with Crippen molar-refractivity contribution in [3.8, 4) is 0 Å². The van der Waals surface area contributed by atoms with E-state index in [4.69, 9.17) is 10.5 Å². The molecule has 4 rings (SSSR count). The third-order valence-electron chi connectivity index (χ3n) is 6.44. The predicted molar refractivity (Wildman–Crippen MR) is 80.6 cm³/mol. The molecule has 21 heavy (non-hydrogen) atoms. The Kier molecular flexibility index (Phi) is 2.97. The lowest BCUT2D eigenvalue weighted by atomic mass is 9.46. The molecular formula is C17H28N2O2. The van der Waals surface area contributed by atoms with E-state index in [1.54, 1.807) is 0 Å². The molecule has 0 aromatic rings. The molecule has 1 aliphatic heterocycles. The van der Waals surface area contributed by atoms with Gasteiger partial charge >= 0.3 is 0 Å². The number of fused-ring (bicyclic) bond motifs is 1. The Morgan fingerprint density at radius 3 is 2.57 bits per heavy atom. The molecule has 1 amide bonds. The highest BCUT2D eigenvalue weighted by Gasteiger charge is 2.71. The summed E-state index contributed by atoms with van der Waals surface area (Å²) in [5, 5.41) is 0. The van der Waals surface area contributed by atoms with Gasteiger partial charge in [-0.1, -0.05) is 13.8 Å². The van der Waals surface area contributed by atoms with E-state index in [-0.39, 0.29) is 23.3 Å². The van der Waals surface area contributed by atoms with Crippen molar-refractivity contribution >= 4 is 5.91 Å². The fourth-order valence-corrected chi connectivity index (χ4v) is 4.61. The van der Waals surface area contributed by atoms with E-state index >= 15 is 0 Å². The summed E-state index contributed by atoms with van der Waals surface area (Å²) >= 11 is 0. The van der Waals surface area contributed by atoms with E-state index in [0.29, 0.717) is 6.04 Å². The third kappa shape index (κ3) is 1.91. The molecule has 118 valence electrons. The van der Waals surface area contributed by atoms with Crippen LogP contribution in [0.3, 0.4) is 0 Å². The smallest absolute Gasteiger partial charge is 0.243 e. The minimum absolute atomic E-state index is 0.169. The summed E-state index contributed by atoms with van der Waals surface area (Å²) in [6.07, 6.45) is 7.15. The molecule has 3 saturated carbocycles. The number of ether oxygens (including phenoxy) is 1. The second kappa shape index (κ2) is 4.45. The van der Waals surface area contributed by atoms with Crippen LogP contribution in [0.15, 0.2) is 0 Å². The second-order valence-electron chi connectivity index (χ2n) is 8.26. The summed E-state index contributed by atoms with van der Waals surface area (Å²) in [5.74, 6) is 1.17. The Morgan fingerprint density at radius 2 is 1.95 bits per heavy atom. The number of hydrogen-bond donors (Lipinski definition) is 1. The van der Waals surface area contributed by atoms with E-state index in [2.05, 4.69) is 18.7 Å². The number of hydrogen-bond acceptors (Lipinski definition) is 3. The van der Waals surface area contributed by atoms with E-state index < -0.39 is 5.54 Å². The maximum atomic E-state index is 13.3. The van der Waals surface area contributed by atoms with Crippen molar-refractivity contribution in [2.24, 2.45) is 23.0 Å². The molecule has 3 unspecified atom stereocenters. The van der Waals surface area contributed by atoms with Gasteiger partial charge in [0.2, 0.25) is 5.91 Å². The Balaban J connectivity index is 1.58. The van der Waals surface area contributed by atoms with Crippen molar-refractivity contribution in [2.45, 2.75) is 70.1 Å². The van der Waals surface area contributed by atoms with Gasteiger partial charge in [0, 0.05) is 30.5 Å². The zero-order valence-corrected chi connectivity index (χ0v) is 13.3. The van der Waals surface area contributed by atoms with E-state index in [1.807, 2.05) is 0 Å². The van der Waals surface area contributed by atoms with Crippen LogP contribution in [-0.2, 0) is 9.53 Å². The minimum Gasteiger partial charge on any atom is -0.377 e. The maximum Gasteiger partial charge on any atom is 0.243 e.